The lowest BCUT2D eigenvalue weighted by Gasteiger charge is -2.38. The smallest absolute Gasteiger partial charge is 0.260 e. The third-order valence-corrected chi connectivity index (χ3v) is 5.83. The number of rotatable bonds is 4. The van der Waals surface area contributed by atoms with E-state index < -0.39 is 0 Å². The predicted molar refractivity (Wildman–Crippen MR) is 103 cm³/mol. The second-order valence-corrected chi connectivity index (χ2v) is 7.46. The maximum atomic E-state index is 12.6. The number of ether oxygens (including phenoxy) is 1. The summed E-state index contributed by atoms with van der Waals surface area (Å²) in [5.41, 5.74) is 2.55. The van der Waals surface area contributed by atoms with Crippen molar-refractivity contribution in [3.8, 4) is 16.9 Å². The fourth-order valence-electron chi connectivity index (χ4n) is 4.13. The second-order valence-electron chi connectivity index (χ2n) is 7.46. The van der Waals surface area contributed by atoms with E-state index in [2.05, 4.69) is 17.4 Å². The van der Waals surface area contributed by atoms with Crippen LogP contribution >= 0.6 is 0 Å². The third kappa shape index (κ3) is 3.61. The minimum atomic E-state index is 0.0914. The molecule has 136 valence electrons. The number of benzene rings is 2. The molecular weight excluding hydrogens is 324 g/mol. The molecule has 0 bridgehead atoms. The monoisotopic (exact) mass is 350 g/mol. The first-order chi connectivity index (χ1) is 12.8. The molecule has 2 fully saturated rings. The maximum absolute atomic E-state index is 12.6. The molecule has 26 heavy (non-hydrogen) atoms. The average molecular weight is 350 g/mol. The minimum Gasteiger partial charge on any atom is -0.483 e. The summed E-state index contributed by atoms with van der Waals surface area (Å²) in [5, 5.41) is 3.47. The van der Waals surface area contributed by atoms with Crippen LogP contribution in [0, 0.1) is 5.41 Å². The third-order valence-electron chi connectivity index (χ3n) is 5.83. The summed E-state index contributed by atoms with van der Waals surface area (Å²) in [4.78, 5) is 14.6. The van der Waals surface area contributed by atoms with Crippen molar-refractivity contribution >= 4 is 5.91 Å². The SMILES string of the molecule is O=C(COc1ccccc1-c1ccccc1)N1CCC2(CCNC2)CC1. The first-order valence-electron chi connectivity index (χ1n) is 9.52. The number of nitrogens with zero attached hydrogens (tertiary/aromatic N) is 1. The van der Waals surface area contributed by atoms with Crippen LogP contribution < -0.4 is 10.1 Å². The van der Waals surface area contributed by atoms with Gasteiger partial charge in [0.2, 0.25) is 0 Å². The number of hydrogen-bond acceptors (Lipinski definition) is 3. The Bertz CT molecular complexity index is 744. The molecule has 2 saturated heterocycles. The van der Waals surface area contributed by atoms with Gasteiger partial charge in [0.1, 0.15) is 5.75 Å². The molecule has 0 unspecified atom stereocenters. The predicted octanol–water partition coefficient (Wildman–Crippen LogP) is 3.33. The van der Waals surface area contributed by atoms with Gasteiger partial charge in [0, 0.05) is 25.2 Å². The maximum Gasteiger partial charge on any atom is 0.260 e. The van der Waals surface area contributed by atoms with Gasteiger partial charge in [-0.05, 0) is 42.9 Å². The Hall–Kier alpha value is -2.33. The van der Waals surface area contributed by atoms with E-state index in [0.717, 1.165) is 55.9 Å². The summed E-state index contributed by atoms with van der Waals surface area (Å²) in [5.74, 6) is 0.856. The number of nitrogens with one attached hydrogen (secondary N) is 1. The first kappa shape index (κ1) is 17.1. The van der Waals surface area contributed by atoms with Crippen LogP contribution in [0.3, 0.4) is 0 Å². The van der Waals surface area contributed by atoms with Gasteiger partial charge in [0.05, 0.1) is 0 Å². The Morgan fingerprint density at radius 3 is 2.46 bits per heavy atom. The van der Waals surface area contributed by atoms with Crippen LogP contribution in [-0.2, 0) is 4.79 Å². The summed E-state index contributed by atoms with van der Waals surface area (Å²) in [6, 6.07) is 18.1. The van der Waals surface area contributed by atoms with E-state index in [0.29, 0.717) is 5.41 Å². The highest BCUT2D eigenvalue weighted by atomic mass is 16.5. The van der Waals surface area contributed by atoms with Gasteiger partial charge in [-0.25, -0.2) is 0 Å². The fourth-order valence-corrected chi connectivity index (χ4v) is 4.13. The largest absolute Gasteiger partial charge is 0.483 e. The molecule has 0 radical (unpaired) electrons. The molecule has 2 aliphatic rings. The van der Waals surface area contributed by atoms with Crippen molar-refractivity contribution < 1.29 is 9.53 Å². The normalized spacial score (nSPS) is 18.8. The molecule has 0 saturated carbocycles. The highest BCUT2D eigenvalue weighted by Gasteiger charge is 2.38. The van der Waals surface area contributed by atoms with Gasteiger partial charge < -0.3 is 15.0 Å². The molecule has 1 amide bonds. The zero-order valence-electron chi connectivity index (χ0n) is 15.1. The van der Waals surface area contributed by atoms with Crippen molar-refractivity contribution in [3.05, 3.63) is 54.6 Å². The summed E-state index contributed by atoms with van der Waals surface area (Å²) < 4.78 is 5.92. The summed E-state index contributed by atoms with van der Waals surface area (Å²) in [6.07, 6.45) is 3.45. The molecule has 2 aromatic carbocycles. The number of hydrogen-bond donors (Lipinski definition) is 1. The number of para-hydroxylation sites is 1. The number of carbonyl (C=O) groups excluding carboxylic acids is 1. The van der Waals surface area contributed by atoms with Crippen LogP contribution in [0.1, 0.15) is 19.3 Å². The molecule has 0 aromatic heterocycles. The molecule has 0 aliphatic carbocycles. The summed E-state index contributed by atoms with van der Waals surface area (Å²) in [6.45, 7) is 4.03. The highest BCUT2D eigenvalue weighted by Crippen LogP contribution is 2.37. The van der Waals surface area contributed by atoms with Gasteiger partial charge >= 0.3 is 0 Å². The summed E-state index contributed by atoms with van der Waals surface area (Å²) >= 11 is 0. The van der Waals surface area contributed by atoms with Crippen molar-refractivity contribution in [2.45, 2.75) is 19.3 Å². The van der Waals surface area contributed by atoms with E-state index in [1.165, 1.54) is 6.42 Å². The zero-order chi connectivity index (χ0) is 17.8. The number of likely N-dealkylation sites (tertiary alicyclic amines) is 1. The lowest BCUT2D eigenvalue weighted by molar-refractivity contribution is -0.135. The van der Waals surface area contributed by atoms with Crippen LogP contribution in [0.25, 0.3) is 11.1 Å². The van der Waals surface area contributed by atoms with E-state index in [1.807, 2.05) is 47.4 Å². The Morgan fingerprint density at radius 2 is 1.73 bits per heavy atom. The Kier molecular flexibility index (Phi) is 4.93. The topological polar surface area (TPSA) is 41.6 Å². The minimum absolute atomic E-state index is 0.0914. The van der Waals surface area contributed by atoms with Gasteiger partial charge in [-0.3, -0.25) is 4.79 Å². The standard InChI is InChI=1S/C22H26N2O2/c25-21(24-14-11-22(12-15-24)10-13-23-17-22)16-26-20-9-5-4-8-19(20)18-6-2-1-3-7-18/h1-9,23H,10-17H2. The van der Waals surface area contributed by atoms with Crippen LogP contribution in [0.5, 0.6) is 5.75 Å². The van der Waals surface area contributed by atoms with Crippen LogP contribution in [0.15, 0.2) is 54.6 Å². The van der Waals surface area contributed by atoms with Crippen molar-refractivity contribution in [3.63, 3.8) is 0 Å². The molecule has 4 rings (SSSR count). The van der Waals surface area contributed by atoms with Gasteiger partial charge in [0.15, 0.2) is 6.61 Å². The van der Waals surface area contributed by atoms with Gasteiger partial charge in [-0.15, -0.1) is 0 Å². The summed E-state index contributed by atoms with van der Waals surface area (Å²) in [7, 11) is 0. The van der Waals surface area contributed by atoms with Crippen LogP contribution in [-0.4, -0.2) is 43.6 Å². The first-order valence-corrected chi connectivity index (χ1v) is 9.52. The molecule has 2 aliphatic heterocycles. The zero-order valence-corrected chi connectivity index (χ0v) is 15.1. The van der Waals surface area contributed by atoms with Gasteiger partial charge in [0.25, 0.3) is 5.91 Å². The van der Waals surface area contributed by atoms with Gasteiger partial charge in [-0.2, -0.15) is 0 Å². The van der Waals surface area contributed by atoms with Crippen molar-refractivity contribution in [1.29, 1.82) is 0 Å². The molecule has 4 heteroatoms. The molecule has 4 nitrogen and oxygen atoms in total. The Morgan fingerprint density at radius 1 is 1.00 bits per heavy atom. The second kappa shape index (κ2) is 7.50. The lowest BCUT2D eigenvalue weighted by Crippen LogP contribution is -2.45. The lowest BCUT2D eigenvalue weighted by atomic mass is 9.78. The Labute approximate surface area is 155 Å². The van der Waals surface area contributed by atoms with E-state index in [1.54, 1.807) is 0 Å². The molecular formula is C22H26N2O2. The molecule has 0 atom stereocenters. The fraction of sp³-hybridized carbons (Fsp3) is 0.409. The number of amides is 1. The van der Waals surface area contributed by atoms with Crippen molar-refractivity contribution in [2.75, 3.05) is 32.8 Å². The van der Waals surface area contributed by atoms with Crippen LogP contribution in [0.4, 0.5) is 0 Å². The Balaban J connectivity index is 1.37. The van der Waals surface area contributed by atoms with Gasteiger partial charge in [-0.1, -0.05) is 48.5 Å². The van der Waals surface area contributed by atoms with Crippen molar-refractivity contribution in [1.82, 2.24) is 10.2 Å². The molecule has 2 aromatic rings. The molecule has 1 N–H and O–H groups in total. The van der Waals surface area contributed by atoms with E-state index in [4.69, 9.17) is 4.74 Å². The van der Waals surface area contributed by atoms with E-state index >= 15 is 0 Å². The van der Waals surface area contributed by atoms with E-state index in [9.17, 15) is 4.79 Å². The average Bonchev–Trinajstić information content (AvgIpc) is 3.15. The highest BCUT2D eigenvalue weighted by molar-refractivity contribution is 5.78. The van der Waals surface area contributed by atoms with E-state index in [-0.39, 0.29) is 12.5 Å². The molecule has 1 spiro atoms. The van der Waals surface area contributed by atoms with Crippen molar-refractivity contribution in [2.24, 2.45) is 5.41 Å². The number of piperidine rings is 1. The molecule has 2 heterocycles. The quantitative estimate of drug-likeness (QED) is 0.920. The number of carbonyl (C=O) groups is 1. The van der Waals surface area contributed by atoms with Crippen LogP contribution in [0.2, 0.25) is 0 Å².